The lowest BCUT2D eigenvalue weighted by Crippen LogP contribution is -2.62. The monoisotopic (exact) mass is 349 g/mol. The lowest BCUT2D eigenvalue weighted by Gasteiger charge is -2.26. The standard InChI is InChI=1S/C11H9Cl2N3O4S/c12-8(13)11(19)20-16-7(6-2-1-3-21-6)10(18)15-5-4-14-9(5)17/h1-3,5,8H,4H2,(H,14,17)(H,15,18)/b16-7+. The third-order valence-corrected chi connectivity index (χ3v) is 3.71. The maximum Gasteiger partial charge on any atom is 0.367 e. The third kappa shape index (κ3) is 3.93. The second-order valence-corrected chi connectivity index (χ2v) is 5.94. The average molecular weight is 350 g/mol. The van der Waals surface area contributed by atoms with E-state index in [1.165, 1.54) is 11.3 Å². The molecular weight excluding hydrogens is 341 g/mol. The number of halogens is 2. The van der Waals surface area contributed by atoms with E-state index in [4.69, 9.17) is 23.2 Å². The molecule has 1 aliphatic rings. The van der Waals surface area contributed by atoms with E-state index in [2.05, 4.69) is 20.6 Å². The Kier molecular flexibility index (Phi) is 5.16. The molecule has 0 spiro atoms. The van der Waals surface area contributed by atoms with Crippen molar-refractivity contribution in [1.29, 1.82) is 0 Å². The number of nitrogens with one attached hydrogen (secondary N) is 2. The Morgan fingerprint density at radius 1 is 1.52 bits per heavy atom. The largest absolute Gasteiger partial charge is 0.367 e. The summed E-state index contributed by atoms with van der Waals surface area (Å²) in [7, 11) is 0. The second-order valence-electron chi connectivity index (χ2n) is 3.90. The van der Waals surface area contributed by atoms with Crippen LogP contribution in [0, 0.1) is 0 Å². The molecule has 1 aliphatic heterocycles. The van der Waals surface area contributed by atoms with Crippen LogP contribution in [0.5, 0.6) is 0 Å². The number of carbonyl (C=O) groups excluding carboxylic acids is 3. The van der Waals surface area contributed by atoms with Gasteiger partial charge in [-0.05, 0) is 11.4 Å². The van der Waals surface area contributed by atoms with Gasteiger partial charge in [0, 0.05) is 6.54 Å². The first-order valence-electron chi connectivity index (χ1n) is 5.68. The molecule has 21 heavy (non-hydrogen) atoms. The number of carbonyl (C=O) groups is 3. The number of β-lactam (4-membered cyclic amide) rings is 1. The summed E-state index contributed by atoms with van der Waals surface area (Å²) in [6, 6.07) is 2.70. The number of rotatable bonds is 5. The highest BCUT2D eigenvalue weighted by molar-refractivity contribution is 7.13. The second kappa shape index (κ2) is 6.88. The topological polar surface area (TPSA) is 96.9 Å². The van der Waals surface area contributed by atoms with Gasteiger partial charge in [-0.3, -0.25) is 9.59 Å². The highest BCUT2D eigenvalue weighted by Gasteiger charge is 2.31. The van der Waals surface area contributed by atoms with Crippen molar-refractivity contribution in [3.63, 3.8) is 0 Å². The van der Waals surface area contributed by atoms with Gasteiger partial charge in [0.15, 0.2) is 5.71 Å². The Labute approximate surface area is 133 Å². The summed E-state index contributed by atoms with van der Waals surface area (Å²) < 4.78 is 0. The fourth-order valence-electron chi connectivity index (χ4n) is 1.37. The SMILES string of the molecule is O=C(NC1CNC1=O)/C(=N/OC(=O)C(Cl)Cl)c1cccs1. The van der Waals surface area contributed by atoms with Crippen LogP contribution in [0.4, 0.5) is 0 Å². The van der Waals surface area contributed by atoms with Gasteiger partial charge >= 0.3 is 5.97 Å². The van der Waals surface area contributed by atoms with Crippen molar-refractivity contribution in [1.82, 2.24) is 10.6 Å². The smallest absolute Gasteiger partial charge is 0.352 e. The number of amides is 2. The predicted molar refractivity (Wildman–Crippen MR) is 77.4 cm³/mol. The normalized spacial score (nSPS) is 18.0. The third-order valence-electron chi connectivity index (χ3n) is 2.48. The molecule has 0 radical (unpaired) electrons. The molecule has 2 rings (SSSR count). The molecule has 1 saturated heterocycles. The molecule has 10 heteroatoms. The Balaban J connectivity index is 2.12. The molecule has 1 fully saturated rings. The Bertz CT molecular complexity index is 588. The summed E-state index contributed by atoms with van der Waals surface area (Å²) in [5.74, 6) is -1.92. The van der Waals surface area contributed by atoms with Crippen LogP contribution in [0.1, 0.15) is 4.88 Å². The zero-order chi connectivity index (χ0) is 15.4. The van der Waals surface area contributed by atoms with Crippen molar-refractivity contribution in [3.8, 4) is 0 Å². The van der Waals surface area contributed by atoms with E-state index in [0.717, 1.165) is 0 Å². The molecule has 0 saturated carbocycles. The first-order chi connectivity index (χ1) is 9.99. The number of hydrogen-bond acceptors (Lipinski definition) is 6. The zero-order valence-electron chi connectivity index (χ0n) is 10.3. The van der Waals surface area contributed by atoms with E-state index >= 15 is 0 Å². The first kappa shape index (κ1) is 15.7. The fourth-order valence-corrected chi connectivity index (χ4v) is 2.15. The minimum atomic E-state index is -1.40. The summed E-state index contributed by atoms with van der Waals surface area (Å²) in [4.78, 5) is 38.0. The molecule has 1 atom stereocenters. The average Bonchev–Trinajstić information content (AvgIpc) is 2.97. The number of hydrogen-bond donors (Lipinski definition) is 2. The Morgan fingerprint density at radius 3 is 2.76 bits per heavy atom. The highest BCUT2D eigenvalue weighted by Crippen LogP contribution is 2.12. The van der Waals surface area contributed by atoms with Crippen LogP contribution in [-0.2, 0) is 19.2 Å². The lowest BCUT2D eigenvalue weighted by atomic mass is 10.1. The molecule has 2 amide bonds. The van der Waals surface area contributed by atoms with E-state index in [-0.39, 0.29) is 11.6 Å². The number of nitrogens with zero attached hydrogens (tertiary/aromatic N) is 1. The van der Waals surface area contributed by atoms with Crippen LogP contribution < -0.4 is 10.6 Å². The van der Waals surface area contributed by atoms with E-state index in [0.29, 0.717) is 11.4 Å². The summed E-state index contributed by atoms with van der Waals surface area (Å²) in [6.45, 7) is 0.341. The first-order valence-corrected chi connectivity index (χ1v) is 7.43. The molecule has 1 unspecified atom stereocenters. The quantitative estimate of drug-likeness (QED) is 0.264. The van der Waals surface area contributed by atoms with Crippen LogP contribution in [0.2, 0.25) is 0 Å². The van der Waals surface area contributed by atoms with Gasteiger partial charge in [-0.15, -0.1) is 11.3 Å². The van der Waals surface area contributed by atoms with Crippen LogP contribution >= 0.6 is 34.5 Å². The lowest BCUT2D eigenvalue weighted by molar-refractivity contribution is -0.141. The number of alkyl halides is 2. The minimum Gasteiger partial charge on any atom is -0.352 e. The van der Waals surface area contributed by atoms with Gasteiger partial charge in [0.2, 0.25) is 10.7 Å². The van der Waals surface area contributed by atoms with Crippen molar-refractivity contribution in [2.24, 2.45) is 5.16 Å². The van der Waals surface area contributed by atoms with Gasteiger partial charge in [0.05, 0.1) is 4.88 Å². The van der Waals surface area contributed by atoms with Crippen LogP contribution in [0.15, 0.2) is 22.7 Å². The molecule has 0 aliphatic carbocycles. The van der Waals surface area contributed by atoms with E-state index in [9.17, 15) is 14.4 Å². The molecule has 0 aromatic carbocycles. The molecule has 1 aromatic heterocycles. The van der Waals surface area contributed by atoms with Crippen molar-refractivity contribution in [2.45, 2.75) is 10.9 Å². The van der Waals surface area contributed by atoms with E-state index < -0.39 is 22.8 Å². The van der Waals surface area contributed by atoms with E-state index in [1.807, 2.05) is 0 Å². The van der Waals surface area contributed by atoms with Crippen molar-refractivity contribution in [3.05, 3.63) is 22.4 Å². The van der Waals surface area contributed by atoms with Gasteiger partial charge in [-0.1, -0.05) is 34.4 Å². The summed E-state index contributed by atoms with van der Waals surface area (Å²) >= 11 is 11.9. The Morgan fingerprint density at radius 2 is 2.29 bits per heavy atom. The summed E-state index contributed by atoms with van der Waals surface area (Å²) in [5, 5.41) is 10.2. The van der Waals surface area contributed by atoms with Gasteiger partial charge in [-0.25, -0.2) is 4.79 Å². The Hall–Kier alpha value is -1.64. The van der Waals surface area contributed by atoms with Gasteiger partial charge in [0.1, 0.15) is 6.04 Å². The molecule has 7 nitrogen and oxygen atoms in total. The molecule has 2 heterocycles. The molecule has 0 bridgehead atoms. The van der Waals surface area contributed by atoms with Crippen LogP contribution in [-0.4, -0.2) is 40.9 Å². The summed E-state index contributed by atoms with van der Waals surface area (Å²) in [5.41, 5.74) is -0.132. The maximum atomic E-state index is 12.1. The van der Waals surface area contributed by atoms with Crippen molar-refractivity contribution < 1.29 is 19.2 Å². The maximum absolute atomic E-state index is 12.1. The fraction of sp³-hybridized carbons (Fsp3) is 0.273. The van der Waals surface area contributed by atoms with Crippen molar-refractivity contribution in [2.75, 3.05) is 6.54 Å². The minimum absolute atomic E-state index is 0.132. The molecule has 1 aromatic rings. The number of oxime groups is 1. The van der Waals surface area contributed by atoms with Gasteiger partial charge in [-0.2, -0.15) is 0 Å². The zero-order valence-corrected chi connectivity index (χ0v) is 12.7. The highest BCUT2D eigenvalue weighted by atomic mass is 35.5. The van der Waals surface area contributed by atoms with Crippen LogP contribution in [0.3, 0.4) is 0 Å². The van der Waals surface area contributed by atoms with E-state index in [1.54, 1.807) is 17.5 Å². The van der Waals surface area contributed by atoms with Crippen LogP contribution in [0.25, 0.3) is 0 Å². The molecular formula is C11H9Cl2N3O4S. The summed E-state index contributed by atoms with van der Waals surface area (Å²) in [6.07, 6.45) is 0. The predicted octanol–water partition coefficient (Wildman–Crippen LogP) is 0.414. The van der Waals surface area contributed by atoms with Gasteiger partial charge in [0.25, 0.3) is 5.91 Å². The van der Waals surface area contributed by atoms with Crippen molar-refractivity contribution >= 4 is 58.0 Å². The van der Waals surface area contributed by atoms with Gasteiger partial charge < -0.3 is 15.5 Å². The number of thiophene rings is 1. The molecule has 112 valence electrons. The molecule has 2 N–H and O–H groups in total.